The summed E-state index contributed by atoms with van der Waals surface area (Å²) in [6.07, 6.45) is 0. The lowest BCUT2D eigenvalue weighted by molar-refractivity contribution is -0.115. The molecule has 1 atom stereocenters. The van der Waals surface area contributed by atoms with Gasteiger partial charge in [0, 0.05) is 37.1 Å². The Morgan fingerprint density at radius 1 is 1.09 bits per heavy atom. The molecule has 2 aliphatic heterocycles. The maximum absolute atomic E-state index is 13.2. The smallest absolute Gasteiger partial charge is 0.243 e. The van der Waals surface area contributed by atoms with Crippen molar-refractivity contribution in [3.63, 3.8) is 0 Å². The third-order valence-corrected chi connectivity index (χ3v) is 8.69. The Kier molecular flexibility index (Phi) is 7.99. The normalized spacial score (nSPS) is 18.8. The van der Waals surface area contributed by atoms with Crippen molar-refractivity contribution in [1.29, 1.82) is 0 Å². The van der Waals surface area contributed by atoms with Crippen LogP contribution in [0.5, 0.6) is 0 Å². The van der Waals surface area contributed by atoms with E-state index in [1.54, 1.807) is 29.5 Å². The number of amides is 1. The number of nitrogens with one attached hydrogen (secondary N) is 2. The molecule has 2 aromatic rings. The monoisotopic (exact) mass is 494 g/mol. The van der Waals surface area contributed by atoms with Gasteiger partial charge in [0.1, 0.15) is 0 Å². The van der Waals surface area contributed by atoms with Crippen LogP contribution in [-0.4, -0.2) is 77.8 Å². The average Bonchev–Trinajstić information content (AvgIpc) is 3.39. The zero-order chi connectivity index (χ0) is 23.3. The van der Waals surface area contributed by atoms with Gasteiger partial charge in [-0.2, -0.15) is 4.31 Å². The average molecular weight is 495 g/mol. The summed E-state index contributed by atoms with van der Waals surface area (Å²) in [5.41, 5.74) is 1.28. The summed E-state index contributed by atoms with van der Waals surface area (Å²) in [5, 5.41) is 8.16. The number of hydrogen-bond acceptors (Lipinski definition) is 8. The highest BCUT2D eigenvalue weighted by atomic mass is 32.2. The van der Waals surface area contributed by atoms with E-state index in [-0.39, 0.29) is 23.4 Å². The number of thiophene rings is 1. The van der Waals surface area contributed by atoms with Crippen LogP contribution in [0.25, 0.3) is 0 Å². The van der Waals surface area contributed by atoms with Crippen LogP contribution < -0.4 is 15.5 Å². The summed E-state index contributed by atoms with van der Waals surface area (Å²) in [6.45, 7) is 6.03. The molecule has 4 rings (SSSR count). The summed E-state index contributed by atoms with van der Waals surface area (Å²) >= 11 is 1.63. The standard InChI is InChI=1S/C22H30N4O5S2/c1-17(21-3-2-14-32-21)23-16-22(27)24-19-15-18(33(28,29)26-8-12-31-13-9-26)4-5-20(19)25-6-10-30-11-7-25/h2-5,14-15,17,23H,6-13,16H2,1H3,(H,24,27)/t17-/m1/s1. The highest BCUT2D eigenvalue weighted by molar-refractivity contribution is 7.89. The fourth-order valence-corrected chi connectivity index (χ4v) is 6.06. The van der Waals surface area contributed by atoms with Gasteiger partial charge in [0.2, 0.25) is 15.9 Å². The summed E-state index contributed by atoms with van der Waals surface area (Å²) in [4.78, 5) is 16.2. The van der Waals surface area contributed by atoms with Crippen molar-refractivity contribution in [1.82, 2.24) is 9.62 Å². The van der Waals surface area contributed by atoms with Crippen molar-refractivity contribution in [2.75, 3.05) is 69.4 Å². The molecule has 0 unspecified atom stereocenters. The molecule has 0 spiro atoms. The maximum atomic E-state index is 13.2. The molecule has 180 valence electrons. The van der Waals surface area contributed by atoms with Gasteiger partial charge in [0.25, 0.3) is 0 Å². The number of nitrogens with zero attached hydrogens (tertiary/aromatic N) is 2. The summed E-state index contributed by atoms with van der Waals surface area (Å²) in [5.74, 6) is -0.228. The van der Waals surface area contributed by atoms with E-state index in [9.17, 15) is 13.2 Å². The van der Waals surface area contributed by atoms with E-state index in [1.165, 1.54) is 4.31 Å². The van der Waals surface area contributed by atoms with Crippen LogP contribution in [0.3, 0.4) is 0 Å². The number of ether oxygens (including phenoxy) is 2. The molecule has 0 radical (unpaired) electrons. The number of hydrogen-bond donors (Lipinski definition) is 2. The van der Waals surface area contributed by atoms with E-state index in [1.807, 2.05) is 24.4 Å². The van der Waals surface area contributed by atoms with Crippen molar-refractivity contribution in [2.24, 2.45) is 0 Å². The van der Waals surface area contributed by atoms with Gasteiger partial charge >= 0.3 is 0 Å². The van der Waals surface area contributed by atoms with Crippen molar-refractivity contribution >= 4 is 38.6 Å². The van der Waals surface area contributed by atoms with Gasteiger partial charge in [0.05, 0.1) is 49.2 Å². The molecule has 11 heteroatoms. The second-order valence-electron chi connectivity index (χ2n) is 7.96. The third kappa shape index (κ3) is 5.92. The molecule has 1 aromatic carbocycles. The molecule has 2 aliphatic rings. The minimum absolute atomic E-state index is 0.0440. The number of sulfonamides is 1. The van der Waals surface area contributed by atoms with Gasteiger partial charge in [-0.25, -0.2) is 8.42 Å². The first-order chi connectivity index (χ1) is 15.9. The summed E-state index contributed by atoms with van der Waals surface area (Å²) in [7, 11) is -3.68. The SMILES string of the molecule is C[C@@H](NCC(=O)Nc1cc(S(=O)(=O)N2CCOCC2)ccc1N1CCOCC1)c1cccs1. The van der Waals surface area contributed by atoms with Gasteiger partial charge in [-0.3, -0.25) is 4.79 Å². The second-order valence-corrected chi connectivity index (χ2v) is 10.9. The Morgan fingerprint density at radius 2 is 1.79 bits per heavy atom. The Hall–Kier alpha value is -2.02. The molecule has 0 bridgehead atoms. The number of benzene rings is 1. The van der Waals surface area contributed by atoms with Crippen LogP contribution in [0.1, 0.15) is 17.8 Å². The van der Waals surface area contributed by atoms with Crippen LogP contribution in [0.4, 0.5) is 11.4 Å². The summed E-state index contributed by atoms with van der Waals surface area (Å²) in [6, 6.07) is 9.00. The predicted octanol–water partition coefficient (Wildman–Crippen LogP) is 1.89. The molecule has 0 aliphatic carbocycles. The van der Waals surface area contributed by atoms with E-state index in [0.29, 0.717) is 58.3 Å². The van der Waals surface area contributed by atoms with E-state index in [0.717, 1.165) is 10.6 Å². The zero-order valence-electron chi connectivity index (χ0n) is 18.7. The molecule has 2 saturated heterocycles. The molecule has 9 nitrogen and oxygen atoms in total. The Morgan fingerprint density at radius 3 is 2.45 bits per heavy atom. The molecule has 33 heavy (non-hydrogen) atoms. The van der Waals surface area contributed by atoms with Gasteiger partial charge in [0.15, 0.2) is 0 Å². The van der Waals surface area contributed by atoms with Gasteiger partial charge < -0.3 is 25.0 Å². The minimum atomic E-state index is -3.68. The first kappa shape index (κ1) is 24.1. The van der Waals surface area contributed by atoms with E-state index in [2.05, 4.69) is 15.5 Å². The van der Waals surface area contributed by atoms with Gasteiger partial charge in [-0.05, 0) is 36.6 Å². The lowest BCUT2D eigenvalue weighted by Crippen LogP contribution is -2.40. The number of morpholine rings is 2. The van der Waals surface area contributed by atoms with E-state index >= 15 is 0 Å². The van der Waals surface area contributed by atoms with Crippen molar-refractivity contribution in [3.8, 4) is 0 Å². The highest BCUT2D eigenvalue weighted by Crippen LogP contribution is 2.31. The lowest BCUT2D eigenvalue weighted by atomic mass is 10.2. The molecule has 0 saturated carbocycles. The third-order valence-electron chi connectivity index (χ3n) is 5.74. The first-order valence-corrected chi connectivity index (χ1v) is 13.4. The zero-order valence-corrected chi connectivity index (χ0v) is 20.3. The molecule has 2 N–H and O–H groups in total. The van der Waals surface area contributed by atoms with E-state index < -0.39 is 10.0 Å². The molecular weight excluding hydrogens is 464 g/mol. The van der Waals surface area contributed by atoms with Crippen molar-refractivity contribution in [3.05, 3.63) is 40.6 Å². The van der Waals surface area contributed by atoms with Crippen LogP contribution in [-0.2, 0) is 24.3 Å². The fraction of sp³-hybridized carbons (Fsp3) is 0.500. The van der Waals surface area contributed by atoms with Crippen LogP contribution >= 0.6 is 11.3 Å². The second kappa shape index (κ2) is 10.9. The summed E-state index contributed by atoms with van der Waals surface area (Å²) < 4.78 is 38.5. The number of carbonyl (C=O) groups excluding carboxylic acids is 1. The van der Waals surface area contributed by atoms with Crippen LogP contribution in [0.15, 0.2) is 40.6 Å². The topological polar surface area (TPSA) is 100 Å². The Bertz CT molecular complexity index is 1030. The van der Waals surface area contributed by atoms with Crippen molar-refractivity contribution in [2.45, 2.75) is 17.9 Å². The molecule has 1 amide bonds. The Balaban J connectivity index is 1.53. The lowest BCUT2D eigenvalue weighted by Gasteiger charge is -2.31. The van der Waals surface area contributed by atoms with Crippen LogP contribution in [0, 0.1) is 0 Å². The van der Waals surface area contributed by atoms with Gasteiger partial charge in [-0.15, -0.1) is 11.3 Å². The first-order valence-electron chi connectivity index (χ1n) is 11.1. The maximum Gasteiger partial charge on any atom is 0.243 e. The number of anilines is 2. The molecule has 2 fully saturated rings. The number of rotatable bonds is 8. The highest BCUT2D eigenvalue weighted by Gasteiger charge is 2.28. The Labute approximate surface area is 198 Å². The van der Waals surface area contributed by atoms with E-state index in [4.69, 9.17) is 9.47 Å². The largest absolute Gasteiger partial charge is 0.379 e. The molecule has 1 aromatic heterocycles. The quantitative estimate of drug-likeness (QED) is 0.578. The van der Waals surface area contributed by atoms with Gasteiger partial charge in [-0.1, -0.05) is 6.07 Å². The predicted molar refractivity (Wildman–Crippen MR) is 128 cm³/mol. The molecular formula is C22H30N4O5S2. The number of carbonyl (C=O) groups is 1. The van der Waals surface area contributed by atoms with Crippen LogP contribution in [0.2, 0.25) is 0 Å². The minimum Gasteiger partial charge on any atom is -0.379 e. The molecule has 3 heterocycles. The van der Waals surface area contributed by atoms with Crippen molar-refractivity contribution < 1.29 is 22.7 Å². The fourth-order valence-electron chi connectivity index (χ4n) is 3.87.